The molecule has 0 aliphatic heterocycles. The fraction of sp³-hybridized carbons (Fsp3) is 0.667. The summed E-state index contributed by atoms with van der Waals surface area (Å²) in [6, 6.07) is -0.354. The van der Waals surface area contributed by atoms with Crippen molar-refractivity contribution >= 4 is 23.5 Å². The van der Waals surface area contributed by atoms with E-state index >= 15 is 0 Å². The third kappa shape index (κ3) is 15.7. The molecule has 0 aromatic carbocycles. The van der Waals surface area contributed by atoms with E-state index in [1.165, 1.54) is 49.3 Å². The van der Waals surface area contributed by atoms with Crippen molar-refractivity contribution in [1.82, 2.24) is 5.32 Å². The van der Waals surface area contributed by atoms with Gasteiger partial charge in [-0.2, -0.15) is 11.8 Å². The van der Waals surface area contributed by atoms with Crippen molar-refractivity contribution in [1.29, 1.82) is 0 Å². The molecule has 0 radical (unpaired) electrons. The van der Waals surface area contributed by atoms with Gasteiger partial charge in [0, 0.05) is 24.9 Å². The Balaban J connectivity index is 3.99. The zero-order valence-electron chi connectivity index (χ0n) is 18.9. The number of Topliss-reactive ketones (excluding diaryl/α,β-unsaturated/α-hetero) is 1. The number of hydrogen-bond donors (Lipinski definition) is 1. The molecule has 0 spiro atoms. The van der Waals surface area contributed by atoms with Crippen LogP contribution in [0.5, 0.6) is 0 Å². The molecule has 0 saturated heterocycles. The Bertz CT molecular complexity index is 557. The number of hydrogen-bond acceptors (Lipinski definition) is 3. The number of thioether (sulfide) groups is 1. The molecular weight excluding hydrogens is 366 g/mol. The Labute approximate surface area is 177 Å². The highest BCUT2D eigenvalue weighted by atomic mass is 32.2. The predicted octanol–water partition coefficient (Wildman–Crippen LogP) is 6.40. The number of amides is 1. The van der Waals surface area contributed by atoms with Crippen LogP contribution >= 0.6 is 11.8 Å². The van der Waals surface area contributed by atoms with Crippen LogP contribution in [0.1, 0.15) is 86.5 Å². The lowest BCUT2D eigenvalue weighted by Gasteiger charge is -2.15. The predicted molar refractivity (Wildman–Crippen MR) is 125 cm³/mol. The fourth-order valence-electron chi connectivity index (χ4n) is 2.78. The van der Waals surface area contributed by atoms with E-state index in [0.29, 0.717) is 12.2 Å². The van der Waals surface area contributed by atoms with Gasteiger partial charge in [-0.3, -0.25) is 9.59 Å². The van der Waals surface area contributed by atoms with Gasteiger partial charge in [-0.1, -0.05) is 41.9 Å². The van der Waals surface area contributed by atoms with Crippen LogP contribution in [0, 0.1) is 0 Å². The van der Waals surface area contributed by atoms with Gasteiger partial charge in [-0.25, -0.2) is 0 Å². The molecule has 0 aliphatic carbocycles. The van der Waals surface area contributed by atoms with E-state index in [0.717, 1.165) is 18.6 Å². The Morgan fingerprint density at radius 2 is 1.57 bits per heavy atom. The Kier molecular flexibility index (Phi) is 15.9. The molecule has 0 aliphatic rings. The maximum absolute atomic E-state index is 11.9. The summed E-state index contributed by atoms with van der Waals surface area (Å²) in [5.74, 6) is 1.50. The maximum Gasteiger partial charge on any atom is 0.217 e. The number of nitrogens with one attached hydrogen (secondary N) is 1. The van der Waals surface area contributed by atoms with Gasteiger partial charge in [0.05, 0.1) is 6.04 Å². The van der Waals surface area contributed by atoms with Crippen LogP contribution in [-0.2, 0) is 9.59 Å². The molecule has 3 nitrogen and oxygen atoms in total. The highest BCUT2D eigenvalue weighted by molar-refractivity contribution is 7.99. The van der Waals surface area contributed by atoms with Crippen molar-refractivity contribution in [2.24, 2.45) is 0 Å². The smallest absolute Gasteiger partial charge is 0.217 e. The molecule has 0 bridgehead atoms. The van der Waals surface area contributed by atoms with Gasteiger partial charge in [-0.15, -0.1) is 0 Å². The lowest BCUT2D eigenvalue weighted by atomic mass is 10.1. The molecule has 0 aromatic rings. The van der Waals surface area contributed by atoms with E-state index in [1.807, 2.05) is 6.92 Å². The molecule has 1 atom stereocenters. The molecule has 160 valence electrons. The summed E-state index contributed by atoms with van der Waals surface area (Å²) in [6.07, 6.45) is 14.5. The summed E-state index contributed by atoms with van der Waals surface area (Å²) in [7, 11) is 0. The largest absolute Gasteiger partial charge is 0.346 e. The number of unbranched alkanes of at least 4 members (excludes halogenated alkanes) is 2. The first-order chi connectivity index (χ1) is 13.3. The van der Waals surface area contributed by atoms with Crippen molar-refractivity contribution in [3.05, 3.63) is 34.9 Å². The maximum atomic E-state index is 11.9. The third-order valence-electron chi connectivity index (χ3n) is 4.56. The number of rotatable bonds is 15. The summed E-state index contributed by atoms with van der Waals surface area (Å²) in [5.41, 5.74) is 4.31. The minimum Gasteiger partial charge on any atom is -0.346 e. The van der Waals surface area contributed by atoms with Crippen LogP contribution in [0.4, 0.5) is 0 Å². The van der Waals surface area contributed by atoms with Crippen LogP contribution in [0.25, 0.3) is 0 Å². The Hall–Kier alpha value is -1.29. The first kappa shape index (κ1) is 26.7. The van der Waals surface area contributed by atoms with Crippen molar-refractivity contribution in [3.63, 3.8) is 0 Å². The van der Waals surface area contributed by atoms with E-state index in [9.17, 15) is 9.59 Å². The molecule has 1 N–H and O–H groups in total. The number of carbonyl (C=O) groups excluding carboxylic acids is 2. The summed E-state index contributed by atoms with van der Waals surface area (Å²) < 4.78 is 0. The SMILES string of the molecule is CCC(=O)C(CSC/C=C(\C)CCCC/C=C(\C)CCC=C(C)C)NC(C)=O. The first-order valence-corrected chi connectivity index (χ1v) is 11.7. The Morgan fingerprint density at radius 1 is 0.893 bits per heavy atom. The summed E-state index contributed by atoms with van der Waals surface area (Å²) in [4.78, 5) is 23.1. The van der Waals surface area contributed by atoms with Gasteiger partial charge in [0.2, 0.25) is 5.91 Å². The zero-order chi connectivity index (χ0) is 21.4. The summed E-state index contributed by atoms with van der Waals surface area (Å²) in [6.45, 7) is 12.0. The lowest BCUT2D eigenvalue weighted by molar-refractivity contribution is -0.126. The van der Waals surface area contributed by atoms with Crippen LogP contribution in [0.3, 0.4) is 0 Å². The normalized spacial score (nSPS) is 13.2. The number of ketones is 1. The van der Waals surface area contributed by atoms with E-state index in [4.69, 9.17) is 0 Å². The molecule has 0 saturated carbocycles. The van der Waals surface area contributed by atoms with Gasteiger partial charge in [0.15, 0.2) is 5.78 Å². The molecular formula is C24H41NO2S. The van der Waals surface area contributed by atoms with E-state index in [-0.39, 0.29) is 17.7 Å². The van der Waals surface area contributed by atoms with Crippen molar-refractivity contribution in [2.45, 2.75) is 92.5 Å². The van der Waals surface area contributed by atoms with Gasteiger partial charge in [0.25, 0.3) is 0 Å². The lowest BCUT2D eigenvalue weighted by Crippen LogP contribution is -2.41. The molecule has 0 aromatic heterocycles. The quantitative estimate of drug-likeness (QED) is 0.252. The van der Waals surface area contributed by atoms with E-state index in [2.05, 4.69) is 51.2 Å². The average Bonchev–Trinajstić information content (AvgIpc) is 2.62. The molecule has 0 rings (SSSR count). The minimum absolute atomic E-state index is 0.104. The number of allylic oxidation sites excluding steroid dienone is 5. The highest BCUT2D eigenvalue weighted by Gasteiger charge is 2.16. The molecule has 4 heteroatoms. The van der Waals surface area contributed by atoms with E-state index < -0.39 is 0 Å². The van der Waals surface area contributed by atoms with Crippen molar-refractivity contribution in [2.75, 3.05) is 11.5 Å². The zero-order valence-corrected chi connectivity index (χ0v) is 19.7. The number of carbonyl (C=O) groups is 2. The van der Waals surface area contributed by atoms with Gasteiger partial charge < -0.3 is 5.32 Å². The average molecular weight is 408 g/mol. The van der Waals surface area contributed by atoms with Gasteiger partial charge in [-0.05, 0) is 66.2 Å². The molecule has 1 amide bonds. The molecule has 0 fully saturated rings. The second-order valence-electron chi connectivity index (χ2n) is 7.78. The molecule has 28 heavy (non-hydrogen) atoms. The van der Waals surface area contributed by atoms with Crippen molar-refractivity contribution < 1.29 is 9.59 Å². The van der Waals surface area contributed by atoms with Crippen LogP contribution in [0.15, 0.2) is 34.9 Å². The van der Waals surface area contributed by atoms with Crippen molar-refractivity contribution in [3.8, 4) is 0 Å². The second-order valence-corrected chi connectivity index (χ2v) is 8.85. The molecule has 1 unspecified atom stereocenters. The summed E-state index contributed by atoms with van der Waals surface area (Å²) in [5, 5.41) is 2.76. The monoisotopic (exact) mass is 407 g/mol. The standard InChI is InChI=1S/C24H41NO2S/c1-7-24(27)23(25-22(6)26)18-28-17-16-21(5)14-10-8-9-13-20(4)15-11-12-19(2)3/h12-13,16,23H,7-11,14-15,17-18H2,1-6H3,(H,25,26)/b20-13+,21-16+. The van der Waals surface area contributed by atoms with Gasteiger partial charge in [0.1, 0.15) is 0 Å². The third-order valence-corrected chi connectivity index (χ3v) is 5.53. The topological polar surface area (TPSA) is 46.2 Å². The highest BCUT2D eigenvalue weighted by Crippen LogP contribution is 2.14. The van der Waals surface area contributed by atoms with Crippen LogP contribution in [-0.4, -0.2) is 29.2 Å². The fourth-order valence-corrected chi connectivity index (χ4v) is 3.83. The molecule has 0 heterocycles. The van der Waals surface area contributed by atoms with E-state index in [1.54, 1.807) is 11.8 Å². The second kappa shape index (κ2) is 16.6. The summed E-state index contributed by atoms with van der Waals surface area (Å²) >= 11 is 1.71. The Morgan fingerprint density at radius 3 is 2.18 bits per heavy atom. The first-order valence-electron chi connectivity index (χ1n) is 10.6. The van der Waals surface area contributed by atoms with Crippen LogP contribution < -0.4 is 5.32 Å². The van der Waals surface area contributed by atoms with Crippen LogP contribution in [0.2, 0.25) is 0 Å². The minimum atomic E-state index is -0.354. The van der Waals surface area contributed by atoms with Gasteiger partial charge >= 0.3 is 0 Å².